The molecular formula is C64H43NO. The topological polar surface area (TPSA) is 16.4 Å². The highest BCUT2D eigenvalue weighted by atomic mass is 16.3. The molecule has 10 aromatic carbocycles. The molecule has 2 aliphatic rings. The van der Waals surface area contributed by atoms with E-state index in [1.807, 2.05) is 6.26 Å². The van der Waals surface area contributed by atoms with Gasteiger partial charge in [-0.25, -0.2) is 0 Å². The summed E-state index contributed by atoms with van der Waals surface area (Å²) in [6, 6.07) is 93.6. The molecule has 0 saturated heterocycles. The first kappa shape index (κ1) is 38.0. The van der Waals surface area contributed by atoms with Gasteiger partial charge in [-0.05, 0) is 109 Å². The van der Waals surface area contributed by atoms with Crippen molar-refractivity contribution in [1.82, 2.24) is 0 Å². The molecule has 11 aromatic rings. The van der Waals surface area contributed by atoms with E-state index in [0.717, 1.165) is 39.2 Å². The molecule has 0 amide bonds. The molecule has 0 fully saturated rings. The second kappa shape index (κ2) is 15.1. The fraction of sp³-hybridized carbons (Fsp3) is 0.0312. The van der Waals surface area contributed by atoms with Crippen LogP contribution in [0.2, 0.25) is 0 Å². The van der Waals surface area contributed by atoms with Crippen LogP contribution in [0.4, 0.5) is 17.1 Å². The summed E-state index contributed by atoms with van der Waals surface area (Å²) in [5.41, 5.74) is 20.1. The maximum Gasteiger partial charge on any atom is 0.136 e. The van der Waals surface area contributed by atoms with Crippen LogP contribution in [0.1, 0.15) is 44.5 Å². The van der Waals surface area contributed by atoms with Crippen molar-refractivity contribution in [3.05, 3.63) is 306 Å². The SMILES string of the molecule is c1ccc(-c2coc3cc(N(c4ccc5c(c4)C(c4ccccc4)(c4ccccc4)c4ccccc4-5)c4ccc5c(c4)C(c4ccccc4)(c4ccccc4)c4ccccc4-5)ccc23)cc1. The van der Waals surface area contributed by atoms with Gasteiger partial charge < -0.3 is 9.32 Å². The number of fused-ring (bicyclic) bond motifs is 7. The molecular weight excluding hydrogens is 799 g/mol. The van der Waals surface area contributed by atoms with Crippen LogP contribution in [-0.4, -0.2) is 0 Å². The zero-order chi connectivity index (χ0) is 43.7. The summed E-state index contributed by atoms with van der Waals surface area (Å²) in [5.74, 6) is 0. The minimum absolute atomic E-state index is 0.555. The third-order valence-electron chi connectivity index (χ3n) is 14.3. The summed E-state index contributed by atoms with van der Waals surface area (Å²) in [6.45, 7) is 0. The monoisotopic (exact) mass is 841 g/mol. The molecule has 1 aromatic heterocycles. The van der Waals surface area contributed by atoms with Crippen LogP contribution in [-0.2, 0) is 10.8 Å². The quantitative estimate of drug-likeness (QED) is 0.152. The molecule has 0 unspecified atom stereocenters. The molecule has 1 heterocycles. The van der Waals surface area contributed by atoms with Gasteiger partial charge in [-0.3, -0.25) is 0 Å². The van der Waals surface area contributed by atoms with Crippen LogP contribution in [0.3, 0.4) is 0 Å². The summed E-state index contributed by atoms with van der Waals surface area (Å²) < 4.78 is 6.47. The lowest BCUT2D eigenvalue weighted by atomic mass is 9.67. The normalized spacial score (nSPS) is 13.7. The average molecular weight is 842 g/mol. The maximum absolute atomic E-state index is 6.47. The predicted octanol–water partition coefficient (Wildman–Crippen LogP) is 16.3. The van der Waals surface area contributed by atoms with Gasteiger partial charge in [0.2, 0.25) is 0 Å². The Bertz CT molecular complexity index is 3320. The van der Waals surface area contributed by atoms with Gasteiger partial charge in [-0.1, -0.05) is 212 Å². The molecule has 13 rings (SSSR count). The van der Waals surface area contributed by atoms with E-state index in [1.165, 1.54) is 66.8 Å². The lowest BCUT2D eigenvalue weighted by Gasteiger charge is -2.36. The summed E-state index contributed by atoms with van der Waals surface area (Å²) in [4.78, 5) is 2.44. The molecule has 0 bridgehead atoms. The Balaban J connectivity index is 1.09. The number of rotatable bonds is 8. The van der Waals surface area contributed by atoms with Crippen LogP contribution < -0.4 is 4.90 Å². The van der Waals surface area contributed by atoms with E-state index in [1.54, 1.807) is 0 Å². The summed E-state index contributed by atoms with van der Waals surface area (Å²) >= 11 is 0. The fourth-order valence-corrected chi connectivity index (χ4v) is 11.6. The largest absolute Gasteiger partial charge is 0.464 e. The van der Waals surface area contributed by atoms with E-state index < -0.39 is 10.8 Å². The van der Waals surface area contributed by atoms with E-state index in [0.29, 0.717) is 0 Å². The fourth-order valence-electron chi connectivity index (χ4n) is 11.6. The molecule has 0 N–H and O–H groups in total. The van der Waals surface area contributed by atoms with Crippen molar-refractivity contribution in [3.8, 4) is 33.4 Å². The van der Waals surface area contributed by atoms with Crippen LogP contribution in [0.5, 0.6) is 0 Å². The van der Waals surface area contributed by atoms with E-state index >= 15 is 0 Å². The Morgan fingerprint density at radius 3 is 1.11 bits per heavy atom. The number of anilines is 3. The molecule has 2 aliphatic carbocycles. The summed E-state index contributed by atoms with van der Waals surface area (Å²) in [6.07, 6.45) is 1.90. The first-order chi connectivity index (χ1) is 32.7. The van der Waals surface area contributed by atoms with Crippen LogP contribution in [0, 0.1) is 0 Å². The highest BCUT2D eigenvalue weighted by Crippen LogP contribution is 2.59. The number of benzene rings is 10. The molecule has 2 nitrogen and oxygen atoms in total. The minimum atomic E-state index is -0.555. The van der Waals surface area contributed by atoms with E-state index in [9.17, 15) is 0 Å². The Labute approximate surface area is 385 Å². The molecule has 0 atom stereocenters. The van der Waals surface area contributed by atoms with E-state index in [2.05, 4.69) is 260 Å². The molecule has 0 radical (unpaired) electrons. The molecule has 310 valence electrons. The first-order valence-electron chi connectivity index (χ1n) is 22.8. The Kier molecular flexibility index (Phi) is 8.69. The zero-order valence-electron chi connectivity index (χ0n) is 36.2. The van der Waals surface area contributed by atoms with Gasteiger partial charge in [0.1, 0.15) is 5.58 Å². The van der Waals surface area contributed by atoms with Crippen LogP contribution in [0.15, 0.2) is 265 Å². The average Bonchev–Trinajstić information content (AvgIpc) is 4.05. The summed E-state index contributed by atoms with van der Waals surface area (Å²) in [5, 5.41) is 1.08. The highest BCUT2D eigenvalue weighted by molar-refractivity contribution is 5.98. The van der Waals surface area contributed by atoms with Gasteiger partial charge in [0.05, 0.1) is 17.1 Å². The lowest BCUT2D eigenvalue weighted by molar-refractivity contribution is 0.617. The lowest BCUT2D eigenvalue weighted by Crippen LogP contribution is -2.29. The predicted molar refractivity (Wildman–Crippen MR) is 271 cm³/mol. The second-order valence-electron chi connectivity index (χ2n) is 17.5. The number of nitrogens with zero attached hydrogens (tertiary/aromatic N) is 1. The van der Waals surface area contributed by atoms with Gasteiger partial charge in [0.15, 0.2) is 0 Å². The molecule has 66 heavy (non-hydrogen) atoms. The first-order valence-corrected chi connectivity index (χ1v) is 22.8. The minimum Gasteiger partial charge on any atom is -0.464 e. The maximum atomic E-state index is 6.47. The summed E-state index contributed by atoms with van der Waals surface area (Å²) in [7, 11) is 0. The zero-order valence-corrected chi connectivity index (χ0v) is 36.2. The number of hydrogen-bond acceptors (Lipinski definition) is 2. The van der Waals surface area contributed by atoms with Gasteiger partial charge in [-0.15, -0.1) is 0 Å². The third kappa shape index (κ3) is 5.49. The van der Waals surface area contributed by atoms with Crippen molar-refractivity contribution >= 4 is 28.0 Å². The van der Waals surface area contributed by atoms with Crippen molar-refractivity contribution in [2.24, 2.45) is 0 Å². The van der Waals surface area contributed by atoms with Crippen molar-refractivity contribution in [2.75, 3.05) is 4.90 Å². The Morgan fingerprint density at radius 1 is 0.288 bits per heavy atom. The van der Waals surface area contributed by atoms with Crippen molar-refractivity contribution in [3.63, 3.8) is 0 Å². The Morgan fingerprint density at radius 2 is 0.652 bits per heavy atom. The van der Waals surface area contributed by atoms with Crippen LogP contribution in [0.25, 0.3) is 44.3 Å². The molecule has 0 aliphatic heterocycles. The van der Waals surface area contributed by atoms with Gasteiger partial charge in [-0.2, -0.15) is 0 Å². The molecule has 0 spiro atoms. The van der Waals surface area contributed by atoms with Crippen molar-refractivity contribution in [1.29, 1.82) is 0 Å². The van der Waals surface area contributed by atoms with E-state index in [4.69, 9.17) is 4.42 Å². The third-order valence-corrected chi connectivity index (χ3v) is 14.3. The smallest absolute Gasteiger partial charge is 0.136 e. The highest BCUT2D eigenvalue weighted by Gasteiger charge is 2.48. The number of furan rings is 1. The standard InChI is InChI=1S/C64H43NO/c1-6-20-44(21-7-1)57-43-66-62-42-51(36-39-56(57)62)65(49-34-37-54-52-30-16-18-32-58(52)63(60(54)40-49,45-22-8-2-9-23-45)46-24-10-3-11-25-46)50-35-38-55-53-31-17-19-33-59(53)64(61(55)41-50,47-26-12-4-13-27-47)48-28-14-5-15-29-48/h1-43H. The van der Waals surface area contributed by atoms with Crippen molar-refractivity contribution < 1.29 is 4.42 Å². The van der Waals surface area contributed by atoms with Crippen LogP contribution >= 0.6 is 0 Å². The molecule has 2 heteroatoms. The second-order valence-corrected chi connectivity index (χ2v) is 17.5. The van der Waals surface area contributed by atoms with E-state index in [-0.39, 0.29) is 0 Å². The van der Waals surface area contributed by atoms with Gasteiger partial charge >= 0.3 is 0 Å². The van der Waals surface area contributed by atoms with Crippen molar-refractivity contribution in [2.45, 2.75) is 10.8 Å². The number of hydrogen-bond donors (Lipinski definition) is 0. The Hall–Kier alpha value is -8.46. The van der Waals surface area contributed by atoms with Gasteiger partial charge in [0.25, 0.3) is 0 Å². The van der Waals surface area contributed by atoms with Gasteiger partial charge in [0, 0.05) is 34.1 Å². The molecule has 0 saturated carbocycles.